The fourth-order valence-corrected chi connectivity index (χ4v) is 1.62. The molecule has 17 heavy (non-hydrogen) atoms. The number of carboxylic acids is 1. The van der Waals surface area contributed by atoms with E-state index in [2.05, 4.69) is 9.97 Å². The van der Waals surface area contributed by atoms with Gasteiger partial charge in [-0.25, -0.2) is 9.97 Å². The van der Waals surface area contributed by atoms with Gasteiger partial charge < -0.3 is 10.0 Å². The van der Waals surface area contributed by atoms with Gasteiger partial charge in [-0.1, -0.05) is 6.92 Å². The molecule has 5 nitrogen and oxygen atoms in total. The minimum atomic E-state index is -0.787. The lowest BCUT2D eigenvalue weighted by atomic mass is 10.3. The standard InChI is InChI=1S/C12H19N3O2/c1-4-10-8-11(14-9(3)13-10)15(5-2)7-6-12(16)17/h8H,4-7H2,1-3H3,(H,16,17). The summed E-state index contributed by atoms with van der Waals surface area (Å²) in [5, 5.41) is 8.70. The smallest absolute Gasteiger partial charge is 0.305 e. The second kappa shape index (κ2) is 6.18. The summed E-state index contributed by atoms with van der Waals surface area (Å²) in [4.78, 5) is 21.2. The molecule has 0 spiro atoms. The first-order valence-electron chi connectivity index (χ1n) is 5.88. The van der Waals surface area contributed by atoms with Gasteiger partial charge in [-0.3, -0.25) is 4.79 Å². The van der Waals surface area contributed by atoms with Gasteiger partial charge in [-0.2, -0.15) is 0 Å². The summed E-state index contributed by atoms with van der Waals surface area (Å²) in [6.45, 7) is 7.11. The Labute approximate surface area is 102 Å². The maximum atomic E-state index is 10.6. The number of nitrogens with zero attached hydrogens (tertiary/aromatic N) is 3. The Morgan fingerprint density at radius 1 is 1.41 bits per heavy atom. The zero-order valence-corrected chi connectivity index (χ0v) is 10.6. The number of aromatic nitrogens is 2. The first-order chi connectivity index (χ1) is 8.06. The van der Waals surface area contributed by atoms with Gasteiger partial charge in [0.05, 0.1) is 6.42 Å². The summed E-state index contributed by atoms with van der Waals surface area (Å²) in [6, 6.07) is 1.93. The first kappa shape index (κ1) is 13.4. The highest BCUT2D eigenvalue weighted by Gasteiger charge is 2.10. The van der Waals surface area contributed by atoms with Crippen molar-refractivity contribution in [3.8, 4) is 0 Å². The van der Waals surface area contributed by atoms with E-state index in [9.17, 15) is 4.79 Å². The van der Waals surface area contributed by atoms with E-state index in [-0.39, 0.29) is 6.42 Å². The predicted octanol–water partition coefficient (Wildman–Crippen LogP) is 1.65. The van der Waals surface area contributed by atoms with Crippen LogP contribution < -0.4 is 4.90 Å². The fourth-order valence-electron chi connectivity index (χ4n) is 1.62. The summed E-state index contributed by atoms with van der Waals surface area (Å²) in [5.41, 5.74) is 0.987. The molecule has 0 aliphatic rings. The molecule has 0 atom stereocenters. The Hall–Kier alpha value is -1.65. The normalized spacial score (nSPS) is 10.3. The number of aryl methyl sites for hydroxylation is 2. The third-order valence-corrected chi connectivity index (χ3v) is 2.54. The Morgan fingerprint density at radius 2 is 2.12 bits per heavy atom. The lowest BCUT2D eigenvalue weighted by Gasteiger charge is -2.21. The van der Waals surface area contributed by atoms with Gasteiger partial charge in [0, 0.05) is 24.8 Å². The highest BCUT2D eigenvalue weighted by atomic mass is 16.4. The highest BCUT2D eigenvalue weighted by Crippen LogP contribution is 2.13. The maximum Gasteiger partial charge on any atom is 0.305 e. The van der Waals surface area contributed by atoms with Gasteiger partial charge in [-0.15, -0.1) is 0 Å². The van der Waals surface area contributed by atoms with Crippen LogP contribution in [0, 0.1) is 6.92 Å². The van der Waals surface area contributed by atoms with E-state index in [1.165, 1.54) is 0 Å². The van der Waals surface area contributed by atoms with E-state index in [1.54, 1.807) is 0 Å². The Morgan fingerprint density at radius 3 is 2.65 bits per heavy atom. The van der Waals surface area contributed by atoms with Crippen LogP contribution in [0.25, 0.3) is 0 Å². The maximum absolute atomic E-state index is 10.6. The van der Waals surface area contributed by atoms with E-state index >= 15 is 0 Å². The predicted molar refractivity (Wildman–Crippen MR) is 66.3 cm³/mol. The third kappa shape index (κ3) is 4.01. The van der Waals surface area contributed by atoms with E-state index in [1.807, 2.05) is 31.7 Å². The van der Waals surface area contributed by atoms with Crippen molar-refractivity contribution in [1.82, 2.24) is 9.97 Å². The molecule has 1 aromatic rings. The lowest BCUT2D eigenvalue weighted by molar-refractivity contribution is -0.136. The van der Waals surface area contributed by atoms with Crippen molar-refractivity contribution in [2.24, 2.45) is 0 Å². The number of hydrogen-bond donors (Lipinski definition) is 1. The molecule has 1 rings (SSSR count). The highest BCUT2D eigenvalue weighted by molar-refractivity contribution is 5.67. The summed E-state index contributed by atoms with van der Waals surface area (Å²) >= 11 is 0. The molecular weight excluding hydrogens is 218 g/mol. The first-order valence-corrected chi connectivity index (χ1v) is 5.88. The molecule has 0 saturated carbocycles. The van der Waals surface area contributed by atoms with Gasteiger partial charge in [0.25, 0.3) is 0 Å². The largest absolute Gasteiger partial charge is 0.481 e. The molecular formula is C12H19N3O2. The van der Waals surface area contributed by atoms with E-state index < -0.39 is 5.97 Å². The molecule has 0 fully saturated rings. The average Bonchev–Trinajstić information content (AvgIpc) is 2.28. The van der Waals surface area contributed by atoms with E-state index in [0.29, 0.717) is 6.54 Å². The molecule has 5 heteroatoms. The van der Waals surface area contributed by atoms with Crippen LogP contribution in [0.5, 0.6) is 0 Å². The molecule has 94 valence electrons. The van der Waals surface area contributed by atoms with E-state index in [0.717, 1.165) is 30.3 Å². The van der Waals surface area contributed by atoms with Crippen molar-refractivity contribution in [2.75, 3.05) is 18.0 Å². The van der Waals surface area contributed by atoms with Crippen molar-refractivity contribution in [3.05, 3.63) is 17.6 Å². The van der Waals surface area contributed by atoms with Gasteiger partial charge in [0.1, 0.15) is 11.6 Å². The molecule has 0 aliphatic carbocycles. The Kier molecular flexibility index (Phi) is 4.87. The lowest BCUT2D eigenvalue weighted by Crippen LogP contribution is -2.27. The van der Waals surface area contributed by atoms with Gasteiger partial charge in [-0.05, 0) is 20.3 Å². The summed E-state index contributed by atoms with van der Waals surface area (Å²) < 4.78 is 0. The van der Waals surface area contributed by atoms with Crippen LogP contribution in [0.4, 0.5) is 5.82 Å². The van der Waals surface area contributed by atoms with Gasteiger partial charge in [0.2, 0.25) is 0 Å². The minimum absolute atomic E-state index is 0.123. The number of anilines is 1. The molecule has 1 aromatic heterocycles. The average molecular weight is 237 g/mol. The number of carboxylic acid groups (broad SMARTS) is 1. The molecule has 0 radical (unpaired) electrons. The van der Waals surface area contributed by atoms with Crippen molar-refractivity contribution in [2.45, 2.75) is 33.6 Å². The molecule has 1 N–H and O–H groups in total. The number of rotatable bonds is 6. The zero-order valence-electron chi connectivity index (χ0n) is 10.6. The second-order valence-corrected chi connectivity index (χ2v) is 3.84. The number of hydrogen-bond acceptors (Lipinski definition) is 4. The molecule has 0 amide bonds. The molecule has 1 heterocycles. The van der Waals surface area contributed by atoms with Crippen LogP contribution in [0.2, 0.25) is 0 Å². The van der Waals surface area contributed by atoms with Crippen LogP contribution in [-0.4, -0.2) is 34.1 Å². The van der Waals surface area contributed by atoms with Gasteiger partial charge >= 0.3 is 5.97 Å². The SMILES string of the molecule is CCc1cc(N(CC)CCC(=O)O)nc(C)n1. The van der Waals surface area contributed by atoms with Crippen LogP contribution in [0.15, 0.2) is 6.07 Å². The van der Waals surface area contributed by atoms with E-state index in [4.69, 9.17) is 5.11 Å². The number of carbonyl (C=O) groups is 1. The topological polar surface area (TPSA) is 66.3 Å². The second-order valence-electron chi connectivity index (χ2n) is 3.84. The molecule has 0 aromatic carbocycles. The molecule has 0 saturated heterocycles. The minimum Gasteiger partial charge on any atom is -0.481 e. The van der Waals surface area contributed by atoms with Crippen LogP contribution in [-0.2, 0) is 11.2 Å². The molecule has 0 unspecified atom stereocenters. The van der Waals surface area contributed by atoms with Crippen molar-refractivity contribution >= 4 is 11.8 Å². The quantitative estimate of drug-likeness (QED) is 0.814. The molecule has 0 aliphatic heterocycles. The zero-order chi connectivity index (χ0) is 12.8. The fraction of sp³-hybridized carbons (Fsp3) is 0.583. The van der Waals surface area contributed by atoms with Crippen molar-refractivity contribution < 1.29 is 9.90 Å². The van der Waals surface area contributed by atoms with Crippen molar-refractivity contribution in [3.63, 3.8) is 0 Å². The Balaban J connectivity index is 2.86. The summed E-state index contributed by atoms with van der Waals surface area (Å²) in [6.07, 6.45) is 0.977. The number of aliphatic carboxylic acids is 1. The van der Waals surface area contributed by atoms with Crippen LogP contribution in [0.1, 0.15) is 31.8 Å². The molecule has 0 bridgehead atoms. The Bertz CT molecular complexity index is 393. The van der Waals surface area contributed by atoms with Crippen molar-refractivity contribution in [1.29, 1.82) is 0 Å². The third-order valence-electron chi connectivity index (χ3n) is 2.54. The van der Waals surface area contributed by atoms with Crippen LogP contribution >= 0.6 is 0 Å². The van der Waals surface area contributed by atoms with Crippen LogP contribution in [0.3, 0.4) is 0 Å². The van der Waals surface area contributed by atoms with Gasteiger partial charge in [0.15, 0.2) is 0 Å². The summed E-state index contributed by atoms with van der Waals surface area (Å²) in [5.74, 6) is 0.760. The monoisotopic (exact) mass is 237 g/mol. The summed E-state index contributed by atoms with van der Waals surface area (Å²) in [7, 11) is 0.